The van der Waals surface area contributed by atoms with Crippen LogP contribution in [0.3, 0.4) is 0 Å². The van der Waals surface area contributed by atoms with E-state index in [0.29, 0.717) is 24.3 Å². The topological polar surface area (TPSA) is 75.7 Å². The molecule has 1 heterocycles. The largest absolute Gasteiger partial charge is 0.483 e. The van der Waals surface area contributed by atoms with Crippen LogP contribution in [0.15, 0.2) is 71.1 Å². The fourth-order valence-corrected chi connectivity index (χ4v) is 6.77. The number of Topliss-reactive ketones (excluding diaryl/α,β-unsaturated/α-hetero) is 2. The number of para-hydroxylation sites is 1. The van der Waals surface area contributed by atoms with E-state index < -0.39 is 5.92 Å². The zero-order valence-corrected chi connectivity index (χ0v) is 25.2. The third-order valence-electron chi connectivity index (χ3n) is 8.36. The maximum Gasteiger partial charge on any atom is 0.262 e. The van der Waals surface area contributed by atoms with Crippen molar-refractivity contribution in [2.24, 2.45) is 10.8 Å². The number of hydrogen-bond donors (Lipinski definition) is 1. The molecule has 0 radical (unpaired) electrons. The van der Waals surface area contributed by atoms with Crippen LogP contribution in [0.4, 0.5) is 5.69 Å². The predicted octanol–water partition coefficient (Wildman–Crippen LogP) is 7.11. The molecule has 0 saturated heterocycles. The fourth-order valence-electron chi connectivity index (χ4n) is 6.77. The minimum absolute atomic E-state index is 0.0959. The minimum atomic E-state index is -0.503. The Bertz CT molecular complexity index is 1410. The normalized spacial score (nSPS) is 20.1. The first-order valence-electron chi connectivity index (χ1n) is 14.8. The smallest absolute Gasteiger partial charge is 0.262 e. The van der Waals surface area contributed by atoms with Crippen LogP contribution in [0.25, 0.3) is 0 Å². The van der Waals surface area contributed by atoms with Crippen molar-refractivity contribution in [1.29, 1.82) is 0 Å². The van der Waals surface area contributed by atoms with Crippen LogP contribution in [-0.2, 0) is 14.4 Å². The van der Waals surface area contributed by atoms with Gasteiger partial charge in [0.25, 0.3) is 5.91 Å². The molecule has 0 aromatic heterocycles. The molecule has 0 unspecified atom stereocenters. The highest BCUT2D eigenvalue weighted by molar-refractivity contribution is 6.07. The van der Waals surface area contributed by atoms with Gasteiger partial charge in [-0.05, 0) is 60.8 Å². The van der Waals surface area contributed by atoms with E-state index in [1.807, 2.05) is 55.5 Å². The van der Waals surface area contributed by atoms with E-state index in [0.717, 1.165) is 59.5 Å². The van der Waals surface area contributed by atoms with Crippen molar-refractivity contribution >= 4 is 23.2 Å². The zero-order chi connectivity index (χ0) is 29.5. The summed E-state index contributed by atoms with van der Waals surface area (Å²) in [6.07, 6.45) is 3.34. The average molecular weight is 555 g/mol. The third kappa shape index (κ3) is 5.88. The first-order valence-corrected chi connectivity index (χ1v) is 14.8. The van der Waals surface area contributed by atoms with Gasteiger partial charge in [-0.3, -0.25) is 14.4 Å². The molecule has 2 aromatic rings. The number of benzene rings is 2. The van der Waals surface area contributed by atoms with Gasteiger partial charge in [0, 0.05) is 59.1 Å². The Morgan fingerprint density at radius 3 is 2.10 bits per heavy atom. The number of aryl methyl sites for hydroxylation is 1. The van der Waals surface area contributed by atoms with Crippen LogP contribution < -0.4 is 10.1 Å². The van der Waals surface area contributed by atoms with Gasteiger partial charge in [0.15, 0.2) is 18.2 Å². The lowest BCUT2D eigenvalue weighted by Gasteiger charge is -2.49. The molecule has 3 aliphatic rings. The Hall–Kier alpha value is -3.67. The van der Waals surface area contributed by atoms with Gasteiger partial charge in [0.2, 0.25) is 0 Å². The number of ether oxygens (including phenoxy) is 1. The van der Waals surface area contributed by atoms with E-state index in [9.17, 15) is 14.4 Å². The third-order valence-corrected chi connectivity index (χ3v) is 8.36. The van der Waals surface area contributed by atoms with Crippen LogP contribution in [-0.4, -0.2) is 35.5 Å². The second-order valence-corrected chi connectivity index (χ2v) is 13.4. The number of allylic oxidation sites excluding steroid dienone is 4. The number of amides is 1. The fraction of sp³-hybridized carbons (Fsp3) is 0.457. The molecule has 1 aliphatic heterocycles. The lowest BCUT2D eigenvalue weighted by molar-refractivity contribution is -0.120. The van der Waals surface area contributed by atoms with E-state index in [2.05, 4.69) is 44.8 Å². The first-order chi connectivity index (χ1) is 19.4. The van der Waals surface area contributed by atoms with Crippen molar-refractivity contribution in [3.05, 3.63) is 82.2 Å². The quantitative estimate of drug-likeness (QED) is 0.395. The van der Waals surface area contributed by atoms with Crippen molar-refractivity contribution in [2.75, 3.05) is 18.5 Å². The molecule has 6 heteroatoms. The first kappa shape index (κ1) is 28.8. The Morgan fingerprint density at radius 1 is 0.902 bits per heavy atom. The number of carbonyl (C=O) groups is 3. The molecule has 2 aromatic carbocycles. The Kier molecular flexibility index (Phi) is 7.71. The summed E-state index contributed by atoms with van der Waals surface area (Å²) in [5.74, 6) is -0.0582. The summed E-state index contributed by atoms with van der Waals surface area (Å²) in [6.45, 7) is 13.3. The summed E-state index contributed by atoms with van der Waals surface area (Å²) in [5, 5.41) is 2.90. The Labute approximate surface area is 243 Å². The molecular weight excluding hydrogens is 512 g/mol. The van der Waals surface area contributed by atoms with Crippen molar-refractivity contribution < 1.29 is 19.1 Å². The standard InChI is InChI=1S/C35H42N2O4/c1-7-15-37-25-17-34(3,4)19-27(38)32(25)31(33-26(37)18-35(5,6)20-28(33)39)24-13-8-9-14-29(24)41-21-30(40)36-23-12-10-11-22(2)16-23/h8-14,16,31H,7,15,17-21H2,1-6H3,(H,36,40). The van der Waals surface area contributed by atoms with Crippen molar-refractivity contribution in [2.45, 2.75) is 79.6 Å². The number of carbonyl (C=O) groups excluding carboxylic acids is 3. The van der Waals surface area contributed by atoms with Gasteiger partial charge in [-0.15, -0.1) is 0 Å². The summed E-state index contributed by atoms with van der Waals surface area (Å²) >= 11 is 0. The van der Waals surface area contributed by atoms with Crippen LogP contribution in [0.5, 0.6) is 5.75 Å². The summed E-state index contributed by atoms with van der Waals surface area (Å²) in [6, 6.07) is 15.2. The highest BCUT2D eigenvalue weighted by Crippen LogP contribution is 2.55. The van der Waals surface area contributed by atoms with E-state index in [-0.39, 0.29) is 34.9 Å². The lowest BCUT2D eigenvalue weighted by Crippen LogP contribution is -2.44. The van der Waals surface area contributed by atoms with Crippen LogP contribution >= 0.6 is 0 Å². The SMILES string of the molecule is CCCN1C2=C(C(=O)CC(C)(C)C2)C(c2ccccc2OCC(=O)Nc2cccc(C)c2)C2=C1CC(C)(C)CC2=O. The average Bonchev–Trinajstić information content (AvgIpc) is 2.87. The molecule has 0 spiro atoms. The summed E-state index contributed by atoms with van der Waals surface area (Å²) < 4.78 is 6.15. The molecule has 2 aliphatic carbocycles. The van der Waals surface area contributed by atoms with Crippen LogP contribution in [0.1, 0.15) is 83.8 Å². The molecule has 1 amide bonds. The predicted molar refractivity (Wildman–Crippen MR) is 162 cm³/mol. The van der Waals surface area contributed by atoms with Gasteiger partial charge >= 0.3 is 0 Å². The number of nitrogens with zero attached hydrogens (tertiary/aromatic N) is 1. The molecule has 0 bridgehead atoms. The highest BCUT2D eigenvalue weighted by atomic mass is 16.5. The molecule has 5 rings (SSSR count). The Morgan fingerprint density at radius 2 is 1.51 bits per heavy atom. The summed E-state index contributed by atoms with van der Waals surface area (Å²) in [7, 11) is 0. The second kappa shape index (κ2) is 11.0. The maximum absolute atomic E-state index is 14.0. The number of rotatable bonds is 7. The number of nitrogens with one attached hydrogen (secondary N) is 1. The maximum atomic E-state index is 14.0. The highest BCUT2D eigenvalue weighted by Gasteiger charge is 2.49. The number of ketones is 2. The Balaban J connectivity index is 1.57. The monoisotopic (exact) mass is 554 g/mol. The van der Waals surface area contributed by atoms with E-state index in [1.165, 1.54) is 0 Å². The summed E-state index contributed by atoms with van der Waals surface area (Å²) in [4.78, 5) is 43.1. The molecule has 1 N–H and O–H groups in total. The van der Waals surface area contributed by atoms with Gasteiger partial charge in [-0.1, -0.05) is 65.0 Å². The van der Waals surface area contributed by atoms with Gasteiger partial charge in [-0.25, -0.2) is 0 Å². The molecule has 6 nitrogen and oxygen atoms in total. The van der Waals surface area contributed by atoms with Crippen molar-refractivity contribution in [1.82, 2.24) is 4.90 Å². The molecule has 41 heavy (non-hydrogen) atoms. The second-order valence-electron chi connectivity index (χ2n) is 13.4. The van der Waals surface area contributed by atoms with E-state index in [1.54, 1.807) is 0 Å². The van der Waals surface area contributed by atoms with E-state index >= 15 is 0 Å². The minimum Gasteiger partial charge on any atom is -0.483 e. The number of hydrogen-bond acceptors (Lipinski definition) is 5. The number of anilines is 1. The van der Waals surface area contributed by atoms with E-state index in [4.69, 9.17) is 4.74 Å². The van der Waals surface area contributed by atoms with Crippen molar-refractivity contribution in [3.8, 4) is 5.75 Å². The molecule has 0 fully saturated rings. The van der Waals surface area contributed by atoms with Gasteiger partial charge in [0.1, 0.15) is 5.75 Å². The lowest BCUT2D eigenvalue weighted by atomic mass is 9.63. The van der Waals surface area contributed by atoms with Gasteiger partial charge < -0.3 is 15.0 Å². The van der Waals surface area contributed by atoms with Crippen molar-refractivity contribution in [3.63, 3.8) is 0 Å². The van der Waals surface area contributed by atoms with Crippen LogP contribution in [0.2, 0.25) is 0 Å². The summed E-state index contributed by atoms with van der Waals surface area (Å²) in [5.41, 5.74) is 5.76. The zero-order valence-electron chi connectivity index (χ0n) is 25.2. The van der Waals surface area contributed by atoms with Gasteiger partial charge in [-0.2, -0.15) is 0 Å². The molecule has 216 valence electrons. The molecule has 0 saturated carbocycles. The molecule has 0 atom stereocenters. The van der Waals surface area contributed by atoms with Crippen LogP contribution in [0, 0.1) is 17.8 Å². The van der Waals surface area contributed by atoms with Gasteiger partial charge in [0.05, 0.1) is 0 Å². The molecular formula is C35H42N2O4.